The van der Waals surface area contributed by atoms with Crippen LogP contribution in [-0.4, -0.2) is 38.3 Å². The van der Waals surface area contributed by atoms with Gasteiger partial charge in [0.1, 0.15) is 11.6 Å². The van der Waals surface area contributed by atoms with Gasteiger partial charge in [-0.05, 0) is 54.0 Å². The van der Waals surface area contributed by atoms with Crippen molar-refractivity contribution in [3.63, 3.8) is 0 Å². The molecule has 4 N–H and O–H groups in total. The Kier molecular flexibility index (Phi) is 7.83. The fourth-order valence-corrected chi connectivity index (χ4v) is 5.98. The van der Waals surface area contributed by atoms with Gasteiger partial charge in [0.2, 0.25) is 0 Å². The van der Waals surface area contributed by atoms with Gasteiger partial charge in [-0.2, -0.15) is 10.4 Å². The summed E-state index contributed by atoms with van der Waals surface area (Å²) in [5.41, 5.74) is 11.8. The SMILES string of the molecule is Cc1c(-c2cnn(C)c2)cccc1[C@H](Nc1cc(Cl)c2ncc(C#N)c(NCC(C)(C)C)c2c1)C1=CN(C2(C(F)F)CC2)NN1. The van der Waals surface area contributed by atoms with E-state index in [1.165, 1.54) is 11.2 Å². The molecule has 0 saturated heterocycles. The zero-order valence-corrected chi connectivity index (χ0v) is 26.6. The number of halogens is 3. The van der Waals surface area contributed by atoms with Gasteiger partial charge in [-0.15, -0.1) is 5.53 Å². The Morgan fingerprint density at radius 3 is 2.62 bits per heavy atom. The Morgan fingerprint density at radius 2 is 1.98 bits per heavy atom. The first-order chi connectivity index (χ1) is 21.4. The standard InChI is InChI=1S/C33H36ClF2N9/c1-19-23(21-15-40-44(5)16-21)7-6-8-24(19)30(27-17-45(43-42-27)33(9-10-33)31(35)36)41-22-11-25-28(39-18-32(2,3)4)20(13-37)14-38-29(25)26(34)12-22/h6-8,11-12,14-17,30-31,41-43H,9-10,18H2,1-5H3,(H,38,39)/t30-/m0/s1. The number of aromatic nitrogens is 3. The molecule has 1 fully saturated rings. The van der Waals surface area contributed by atoms with Crippen molar-refractivity contribution >= 4 is 33.9 Å². The first-order valence-electron chi connectivity index (χ1n) is 14.8. The molecule has 0 amide bonds. The molecule has 9 nitrogen and oxygen atoms in total. The number of benzene rings is 2. The Morgan fingerprint density at radius 1 is 1.20 bits per heavy atom. The van der Waals surface area contributed by atoms with Crippen molar-refractivity contribution in [1.29, 1.82) is 5.26 Å². The van der Waals surface area contributed by atoms with Gasteiger partial charge < -0.3 is 16.1 Å². The van der Waals surface area contributed by atoms with Gasteiger partial charge in [-0.1, -0.05) is 50.6 Å². The molecule has 2 aromatic carbocycles. The number of nitriles is 1. The van der Waals surface area contributed by atoms with E-state index in [1.54, 1.807) is 16.9 Å². The summed E-state index contributed by atoms with van der Waals surface area (Å²) in [7, 11) is 1.87. The molecule has 2 aliphatic rings. The minimum Gasteiger partial charge on any atom is -0.383 e. The second kappa shape index (κ2) is 11.5. The first-order valence-corrected chi connectivity index (χ1v) is 15.2. The van der Waals surface area contributed by atoms with Gasteiger partial charge in [0, 0.05) is 48.8 Å². The van der Waals surface area contributed by atoms with Crippen molar-refractivity contribution < 1.29 is 8.78 Å². The van der Waals surface area contributed by atoms with Crippen LogP contribution in [0.5, 0.6) is 0 Å². The minimum absolute atomic E-state index is 0.0411. The lowest BCUT2D eigenvalue weighted by atomic mass is 9.92. The highest BCUT2D eigenvalue weighted by Crippen LogP contribution is 2.47. The first kappa shape index (κ1) is 30.6. The maximum Gasteiger partial charge on any atom is 0.262 e. The molecule has 6 rings (SSSR count). The third-order valence-electron chi connectivity index (χ3n) is 8.40. The summed E-state index contributed by atoms with van der Waals surface area (Å²) in [5.74, 6) is 0. The van der Waals surface area contributed by atoms with Crippen molar-refractivity contribution in [2.24, 2.45) is 12.5 Å². The summed E-state index contributed by atoms with van der Waals surface area (Å²) in [6.45, 7) is 9.01. The molecule has 1 aliphatic carbocycles. The van der Waals surface area contributed by atoms with Crippen molar-refractivity contribution in [2.45, 2.75) is 58.5 Å². The molecule has 0 unspecified atom stereocenters. The number of hydrogen-bond acceptors (Lipinski definition) is 8. The van der Waals surface area contributed by atoms with Crippen LogP contribution in [0.3, 0.4) is 0 Å². The third kappa shape index (κ3) is 5.88. The lowest BCUT2D eigenvalue weighted by Crippen LogP contribution is -2.48. The number of nitrogens with zero attached hydrogens (tertiary/aromatic N) is 5. The number of alkyl halides is 2. The maximum absolute atomic E-state index is 14.0. The van der Waals surface area contributed by atoms with Crippen LogP contribution < -0.4 is 21.6 Å². The quantitative estimate of drug-likeness (QED) is 0.156. The van der Waals surface area contributed by atoms with E-state index in [9.17, 15) is 14.0 Å². The lowest BCUT2D eigenvalue weighted by molar-refractivity contribution is 0.00911. The van der Waals surface area contributed by atoms with Crippen molar-refractivity contribution in [1.82, 2.24) is 30.7 Å². The highest BCUT2D eigenvalue weighted by molar-refractivity contribution is 6.35. The average Bonchev–Trinajstić information content (AvgIpc) is 3.46. The summed E-state index contributed by atoms with van der Waals surface area (Å²) in [5, 5.41) is 23.9. The molecule has 0 radical (unpaired) electrons. The molecule has 12 heteroatoms. The van der Waals surface area contributed by atoms with E-state index in [-0.39, 0.29) is 5.41 Å². The van der Waals surface area contributed by atoms with Crippen molar-refractivity contribution in [3.05, 3.63) is 82.5 Å². The fraction of sp³-hybridized carbons (Fsp3) is 0.364. The van der Waals surface area contributed by atoms with Crippen LogP contribution in [0.25, 0.3) is 22.0 Å². The zero-order chi connectivity index (χ0) is 32.1. The van der Waals surface area contributed by atoms with E-state index < -0.39 is 18.0 Å². The molecule has 1 saturated carbocycles. The lowest BCUT2D eigenvalue weighted by Gasteiger charge is -2.25. The molecule has 2 aromatic heterocycles. The largest absolute Gasteiger partial charge is 0.383 e. The van der Waals surface area contributed by atoms with E-state index in [2.05, 4.69) is 58.5 Å². The van der Waals surface area contributed by atoms with Crippen LogP contribution in [-0.2, 0) is 7.05 Å². The van der Waals surface area contributed by atoms with Gasteiger partial charge in [0.15, 0.2) is 0 Å². The van der Waals surface area contributed by atoms with Crippen LogP contribution in [0.4, 0.5) is 20.2 Å². The summed E-state index contributed by atoms with van der Waals surface area (Å²) in [6, 6.07) is 11.5. The molecule has 3 heterocycles. The van der Waals surface area contributed by atoms with E-state index in [0.717, 1.165) is 22.3 Å². The summed E-state index contributed by atoms with van der Waals surface area (Å²) < 4.78 is 29.9. The van der Waals surface area contributed by atoms with E-state index in [1.807, 2.05) is 50.6 Å². The van der Waals surface area contributed by atoms with Gasteiger partial charge in [-0.3, -0.25) is 14.7 Å². The topological polar surface area (TPSA) is 106 Å². The molecular formula is C33H36ClF2N9. The van der Waals surface area contributed by atoms with E-state index in [4.69, 9.17) is 11.6 Å². The van der Waals surface area contributed by atoms with Crippen LogP contribution in [0.2, 0.25) is 5.02 Å². The van der Waals surface area contributed by atoms with Crippen molar-refractivity contribution in [3.8, 4) is 17.2 Å². The Labute approximate surface area is 266 Å². The van der Waals surface area contributed by atoms with Gasteiger partial charge in [-0.25, -0.2) is 8.78 Å². The summed E-state index contributed by atoms with van der Waals surface area (Å²) >= 11 is 6.82. The van der Waals surface area contributed by atoms with E-state index >= 15 is 0 Å². The molecule has 4 aromatic rings. The molecule has 0 spiro atoms. The normalized spacial score (nSPS) is 16.4. The van der Waals surface area contributed by atoms with Crippen LogP contribution in [0.1, 0.15) is 56.3 Å². The molecule has 45 heavy (non-hydrogen) atoms. The van der Waals surface area contributed by atoms with Gasteiger partial charge in [0.25, 0.3) is 6.43 Å². The number of hydrazine groups is 2. The Balaban J connectivity index is 1.46. The van der Waals surface area contributed by atoms with E-state index in [0.29, 0.717) is 57.9 Å². The fourth-order valence-electron chi connectivity index (χ4n) is 5.71. The van der Waals surface area contributed by atoms with Crippen LogP contribution in [0, 0.1) is 23.7 Å². The Bertz CT molecular complexity index is 1830. The third-order valence-corrected chi connectivity index (χ3v) is 8.69. The number of aryl methyl sites for hydroxylation is 1. The maximum atomic E-state index is 14.0. The molecule has 1 aliphatic heterocycles. The minimum atomic E-state index is -2.50. The second-order valence-electron chi connectivity index (χ2n) is 13.0. The monoisotopic (exact) mass is 631 g/mol. The van der Waals surface area contributed by atoms with Gasteiger partial charge >= 0.3 is 0 Å². The summed E-state index contributed by atoms with van der Waals surface area (Å²) in [4.78, 5) is 4.49. The second-order valence-corrected chi connectivity index (χ2v) is 13.4. The smallest absolute Gasteiger partial charge is 0.262 e. The van der Waals surface area contributed by atoms with Gasteiger partial charge in [0.05, 0.1) is 39.7 Å². The van der Waals surface area contributed by atoms with Crippen LogP contribution >= 0.6 is 11.6 Å². The molecule has 0 bridgehead atoms. The number of fused-ring (bicyclic) bond motifs is 1. The molecule has 234 valence electrons. The number of hydrogen-bond donors (Lipinski definition) is 4. The zero-order valence-electron chi connectivity index (χ0n) is 25.8. The Hall–Kier alpha value is -4.40. The highest BCUT2D eigenvalue weighted by atomic mass is 35.5. The van der Waals surface area contributed by atoms with Crippen molar-refractivity contribution in [2.75, 3.05) is 17.2 Å². The number of pyridine rings is 1. The summed E-state index contributed by atoms with van der Waals surface area (Å²) in [6.07, 6.45) is 5.34. The number of rotatable bonds is 9. The average molecular weight is 632 g/mol. The predicted molar refractivity (Wildman–Crippen MR) is 173 cm³/mol. The number of nitrogens with one attached hydrogen (secondary N) is 4. The van der Waals surface area contributed by atoms with Crippen LogP contribution in [0.15, 0.2) is 60.8 Å². The molecular weight excluding hydrogens is 596 g/mol. The number of anilines is 2. The molecule has 1 atom stereocenters. The highest BCUT2D eigenvalue weighted by Gasteiger charge is 2.56. The predicted octanol–water partition coefficient (Wildman–Crippen LogP) is 7.04.